The maximum Gasteiger partial charge on any atom is 0.413 e. The fourth-order valence-electron chi connectivity index (χ4n) is 3.76. The van der Waals surface area contributed by atoms with Gasteiger partial charge in [0.25, 0.3) is 0 Å². The van der Waals surface area contributed by atoms with Crippen LogP contribution in [-0.2, 0) is 20.0 Å². The summed E-state index contributed by atoms with van der Waals surface area (Å²) in [6, 6.07) is 28.4. The molecular formula is C28H25N3O5S. The van der Waals surface area contributed by atoms with Crippen LogP contribution in [-0.4, -0.2) is 34.0 Å². The second-order valence-corrected chi connectivity index (χ2v) is 9.09. The van der Waals surface area contributed by atoms with Crippen LogP contribution in [0, 0.1) is 0 Å². The Morgan fingerprint density at radius 3 is 1.81 bits per heavy atom. The monoisotopic (exact) mass is 515 g/mol. The van der Waals surface area contributed by atoms with Crippen molar-refractivity contribution in [3.05, 3.63) is 119 Å². The lowest BCUT2D eigenvalue weighted by Gasteiger charge is -2.33. The minimum atomic E-state index is -1.33. The number of anilines is 1. The molecule has 1 heterocycles. The van der Waals surface area contributed by atoms with Crippen LogP contribution in [0.15, 0.2) is 102 Å². The quantitative estimate of drug-likeness (QED) is 0.163. The van der Waals surface area contributed by atoms with Gasteiger partial charge in [0.05, 0.1) is 6.10 Å². The van der Waals surface area contributed by atoms with E-state index < -0.39 is 23.4 Å². The van der Waals surface area contributed by atoms with Crippen molar-refractivity contribution in [1.29, 1.82) is 0 Å². The van der Waals surface area contributed by atoms with Gasteiger partial charge in [-0.15, -0.1) is 11.3 Å². The van der Waals surface area contributed by atoms with Crippen LogP contribution in [0.5, 0.6) is 0 Å². The van der Waals surface area contributed by atoms with E-state index in [1.807, 2.05) is 91.0 Å². The first kappa shape index (κ1) is 25.6. The first-order valence-electron chi connectivity index (χ1n) is 11.5. The number of aliphatic carboxylic acids is 1. The fraction of sp³-hybridized carbons (Fsp3) is 0.143. The van der Waals surface area contributed by atoms with Crippen molar-refractivity contribution in [1.82, 2.24) is 4.98 Å². The third-order valence-electron chi connectivity index (χ3n) is 5.32. The zero-order valence-corrected chi connectivity index (χ0v) is 21.0. The second kappa shape index (κ2) is 11.5. The van der Waals surface area contributed by atoms with E-state index in [-0.39, 0.29) is 16.9 Å². The number of nitrogens with zero attached hydrogens (tertiary/aromatic N) is 2. The van der Waals surface area contributed by atoms with Crippen LogP contribution in [0.4, 0.5) is 9.93 Å². The van der Waals surface area contributed by atoms with Gasteiger partial charge in [-0.2, -0.15) is 0 Å². The summed E-state index contributed by atoms with van der Waals surface area (Å²) in [5, 5.41) is 18.3. The van der Waals surface area contributed by atoms with Crippen molar-refractivity contribution in [2.75, 3.05) is 5.32 Å². The van der Waals surface area contributed by atoms with Crippen molar-refractivity contribution >= 4 is 34.2 Å². The van der Waals surface area contributed by atoms with Gasteiger partial charge in [-0.3, -0.25) is 5.32 Å². The van der Waals surface area contributed by atoms with E-state index in [1.165, 1.54) is 5.38 Å². The number of nitrogens with one attached hydrogen (secondary N) is 1. The molecule has 0 saturated heterocycles. The first-order chi connectivity index (χ1) is 17.9. The van der Waals surface area contributed by atoms with Gasteiger partial charge in [-0.25, -0.2) is 14.6 Å². The second-order valence-electron chi connectivity index (χ2n) is 8.23. The van der Waals surface area contributed by atoms with E-state index in [4.69, 9.17) is 9.57 Å². The molecule has 0 fully saturated rings. The van der Waals surface area contributed by atoms with Crippen LogP contribution >= 0.6 is 11.3 Å². The molecule has 0 aliphatic rings. The standard InChI is InChI=1S/C28H25N3O5S/c1-19(2)35-27(34)30-26-29-23(18-37-26)24(25(32)33)31-36-28(20-12-6-3-7-13-20,21-14-8-4-9-15-21)22-16-10-5-11-17-22/h3-19H,1-2H3,(H,32,33)(H,29,30,34). The Morgan fingerprint density at radius 1 is 0.892 bits per heavy atom. The predicted molar refractivity (Wildman–Crippen MR) is 142 cm³/mol. The Labute approximate surface area is 218 Å². The first-order valence-corrected chi connectivity index (χ1v) is 12.4. The molecule has 8 nitrogen and oxygen atoms in total. The zero-order chi connectivity index (χ0) is 26.3. The zero-order valence-electron chi connectivity index (χ0n) is 20.2. The minimum absolute atomic E-state index is 0.0421. The SMILES string of the molecule is CC(C)OC(=O)Nc1nc(C(=NOC(c2ccccc2)(c2ccccc2)c2ccccc2)C(=O)O)cs1. The van der Waals surface area contributed by atoms with Crippen LogP contribution in [0.1, 0.15) is 36.2 Å². The maximum atomic E-state index is 12.2. The van der Waals surface area contributed by atoms with E-state index >= 15 is 0 Å². The van der Waals surface area contributed by atoms with Gasteiger partial charge in [-0.1, -0.05) is 96.2 Å². The number of rotatable bonds is 9. The summed E-state index contributed by atoms with van der Waals surface area (Å²) in [7, 11) is 0. The van der Waals surface area contributed by atoms with Crippen molar-refractivity contribution in [2.24, 2.45) is 5.16 Å². The Balaban J connectivity index is 1.79. The summed E-state index contributed by atoms with van der Waals surface area (Å²) >= 11 is 1.05. The molecule has 0 radical (unpaired) electrons. The van der Waals surface area contributed by atoms with E-state index in [0.717, 1.165) is 28.0 Å². The van der Waals surface area contributed by atoms with Crippen molar-refractivity contribution < 1.29 is 24.3 Å². The number of carboxylic acid groups (broad SMARTS) is 1. The molecule has 4 aromatic rings. The topological polar surface area (TPSA) is 110 Å². The van der Waals surface area contributed by atoms with Crippen molar-refractivity contribution in [3.63, 3.8) is 0 Å². The van der Waals surface area contributed by atoms with Gasteiger partial charge in [0, 0.05) is 22.1 Å². The van der Waals surface area contributed by atoms with Gasteiger partial charge < -0.3 is 14.7 Å². The number of oxime groups is 1. The van der Waals surface area contributed by atoms with Gasteiger partial charge >= 0.3 is 12.1 Å². The normalized spacial score (nSPS) is 11.7. The largest absolute Gasteiger partial charge is 0.476 e. The number of aromatic nitrogens is 1. The number of benzene rings is 3. The Hall–Kier alpha value is -4.50. The maximum absolute atomic E-state index is 12.2. The molecule has 4 rings (SSSR count). The average Bonchev–Trinajstić information content (AvgIpc) is 3.35. The van der Waals surface area contributed by atoms with Gasteiger partial charge in [0.2, 0.25) is 11.3 Å². The van der Waals surface area contributed by atoms with Crippen LogP contribution in [0.2, 0.25) is 0 Å². The molecular weight excluding hydrogens is 490 g/mol. The number of amides is 1. The Morgan fingerprint density at radius 2 is 1.38 bits per heavy atom. The molecule has 0 spiro atoms. The third kappa shape index (κ3) is 5.84. The molecule has 9 heteroatoms. The van der Waals surface area contributed by atoms with Gasteiger partial charge in [0.15, 0.2) is 5.13 Å². The molecule has 0 aliphatic heterocycles. The molecule has 1 aromatic heterocycles. The average molecular weight is 516 g/mol. The van der Waals surface area contributed by atoms with E-state index in [2.05, 4.69) is 15.5 Å². The molecule has 0 saturated carbocycles. The summed E-state index contributed by atoms with van der Waals surface area (Å²) in [4.78, 5) is 34.7. The molecule has 0 bridgehead atoms. The molecule has 1 amide bonds. The predicted octanol–water partition coefficient (Wildman–Crippen LogP) is 5.90. The number of carboxylic acids is 1. The highest BCUT2D eigenvalue weighted by atomic mass is 32.1. The van der Waals surface area contributed by atoms with Gasteiger partial charge in [0.1, 0.15) is 5.69 Å². The fourth-order valence-corrected chi connectivity index (χ4v) is 4.44. The highest BCUT2D eigenvalue weighted by Gasteiger charge is 2.40. The van der Waals surface area contributed by atoms with E-state index in [9.17, 15) is 14.7 Å². The number of hydrogen-bond acceptors (Lipinski definition) is 7. The molecule has 37 heavy (non-hydrogen) atoms. The van der Waals surface area contributed by atoms with Crippen LogP contribution < -0.4 is 5.32 Å². The van der Waals surface area contributed by atoms with Crippen LogP contribution in [0.25, 0.3) is 0 Å². The molecule has 0 atom stereocenters. The number of thiazole rings is 1. The van der Waals surface area contributed by atoms with Crippen LogP contribution in [0.3, 0.4) is 0 Å². The van der Waals surface area contributed by atoms with Gasteiger partial charge in [-0.05, 0) is 13.8 Å². The number of carbonyl (C=O) groups excluding carboxylic acids is 1. The molecule has 0 unspecified atom stereocenters. The smallest absolute Gasteiger partial charge is 0.413 e. The molecule has 188 valence electrons. The highest BCUT2D eigenvalue weighted by molar-refractivity contribution is 7.14. The number of hydrogen-bond donors (Lipinski definition) is 2. The number of ether oxygens (including phenoxy) is 1. The highest BCUT2D eigenvalue weighted by Crippen LogP contribution is 2.40. The molecule has 0 aliphatic carbocycles. The minimum Gasteiger partial charge on any atom is -0.476 e. The summed E-state index contributed by atoms with van der Waals surface area (Å²) < 4.78 is 5.06. The summed E-state index contributed by atoms with van der Waals surface area (Å²) in [6.07, 6.45) is -0.997. The van der Waals surface area contributed by atoms with Crippen molar-refractivity contribution in [3.8, 4) is 0 Å². The third-order valence-corrected chi connectivity index (χ3v) is 6.07. The Bertz CT molecular complexity index is 1280. The van der Waals surface area contributed by atoms with E-state index in [0.29, 0.717) is 0 Å². The lowest BCUT2D eigenvalue weighted by molar-refractivity contribution is -0.129. The Kier molecular flexibility index (Phi) is 7.95. The lowest BCUT2D eigenvalue weighted by atomic mass is 9.80. The lowest BCUT2D eigenvalue weighted by Crippen LogP contribution is -2.32. The van der Waals surface area contributed by atoms with E-state index in [1.54, 1.807) is 13.8 Å². The summed E-state index contributed by atoms with van der Waals surface area (Å²) in [5.41, 5.74) is 0.672. The summed E-state index contributed by atoms with van der Waals surface area (Å²) in [6.45, 7) is 3.44. The summed E-state index contributed by atoms with van der Waals surface area (Å²) in [5.74, 6) is -1.33. The molecule has 3 aromatic carbocycles. The van der Waals surface area contributed by atoms with Crippen molar-refractivity contribution in [2.45, 2.75) is 25.6 Å². The molecule has 2 N–H and O–H groups in total. The number of carbonyl (C=O) groups is 2.